The molecule has 5 nitrogen and oxygen atoms in total. The molecule has 1 N–H and O–H groups in total. The maximum absolute atomic E-state index is 11.7. The number of aromatic nitrogens is 2. The first-order valence-electron chi connectivity index (χ1n) is 7.36. The summed E-state index contributed by atoms with van der Waals surface area (Å²) in [6.45, 7) is 5.24. The van der Waals surface area contributed by atoms with Crippen LogP contribution < -0.4 is 5.32 Å². The molecule has 2 rings (SSSR count). The first kappa shape index (κ1) is 15.3. The van der Waals surface area contributed by atoms with E-state index >= 15 is 0 Å². The van der Waals surface area contributed by atoms with Crippen LogP contribution in [0.15, 0.2) is 6.07 Å². The Morgan fingerprint density at radius 3 is 2.76 bits per heavy atom. The lowest BCUT2D eigenvalue weighted by molar-refractivity contribution is -0.126. The lowest BCUT2D eigenvalue weighted by Crippen LogP contribution is -2.38. The van der Waals surface area contributed by atoms with Crippen molar-refractivity contribution < 1.29 is 4.79 Å². The van der Waals surface area contributed by atoms with Gasteiger partial charge in [-0.2, -0.15) is 0 Å². The molecule has 0 unspecified atom stereocenters. The highest BCUT2D eigenvalue weighted by Crippen LogP contribution is 2.21. The molecule has 0 saturated carbocycles. The van der Waals surface area contributed by atoms with E-state index in [-0.39, 0.29) is 5.91 Å². The van der Waals surface area contributed by atoms with Gasteiger partial charge in [0.15, 0.2) is 0 Å². The van der Waals surface area contributed by atoms with Crippen LogP contribution in [0.1, 0.15) is 31.3 Å². The summed E-state index contributed by atoms with van der Waals surface area (Å²) in [6, 6.07) is 1.94. The standard InChI is InChI=1S/C16H22N4O/c1-4-5-16(21)20-8-6-13(7-9-20)11-15-18-12(2)10-14(17-3)19-15/h10,13H,6-9,11H2,1-3H3,(H,17,18,19). The van der Waals surface area contributed by atoms with Gasteiger partial charge in [0.25, 0.3) is 5.91 Å². The van der Waals surface area contributed by atoms with Crippen molar-refractivity contribution in [2.45, 2.75) is 33.1 Å². The zero-order chi connectivity index (χ0) is 15.2. The summed E-state index contributed by atoms with van der Waals surface area (Å²) in [7, 11) is 1.87. The van der Waals surface area contributed by atoms with Gasteiger partial charge in [-0.1, -0.05) is 5.92 Å². The molecule has 0 radical (unpaired) electrons. The molecule has 1 fully saturated rings. The van der Waals surface area contributed by atoms with Gasteiger partial charge in [-0.05, 0) is 38.5 Å². The van der Waals surface area contributed by atoms with E-state index in [1.165, 1.54) is 0 Å². The quantitative estimate of drug-likeness (QED) is 0.858. The second-order valence-corrected chi connectivity index (χ2v) is 5.38. The fraction of sp³-hybridized carbons (Fsp3) is 0.562. The van der Waals surface area contributed by atoms with E-state index in [2.05, 4.69) is 27.1 Å². The second-order valence-electron chi connectivity index (χ2n) is 5.38. The molecular formula is C16H22N4O. The molecule has 21 heavy (non-hydrogen) atoms. The van der Waals surface area contributed by atoms with Crippen LogP contribution in [0.2, 0.25) is 0 Å². The highest BCUT2D eigenvalue weighted by Gasteiger charge is 2.22. The lowest BCUT2D eigenvalue weighted by Gasteiger charge is -2.30. The van der Waals surface area contributed by atoms with Crippen LogP contribution in [-0.2, 0) is 11.2 Å². The Hall–Kier alpha value is -2.09. The van der Waals surface area contributed by atoms with Crippen molar-refractivity contribution >= 4 is 11.7 Å². The molecule has 1 aromatic rings. The summed E-state index contributed by atoms with van der Waals surface area (Å²) in [5.74, 6) is 7.51. The van der Waals surface area contributed by atoms with Crippen LogP contribution in [0.25, 0.3) is 0 Å². The van der Waals surface area contributed by atoms with E-state index in [4.69, 9.17) is 0 Å². The highest BCUT2D eigenvalue weighted by molar-refractivity contribution is 5.93. The largest absolute Gasteiger partial charge is 0.373 e. The molecule has 0 atom stereocenters. The van der Waals surface area contributed by atoms with Crippen molar-refractivity contribution in [3.05, 3.63) is 17.6 Å². The maximum atomic E-state index is 11.7. The first-order valence-corrected chi connectivity index (χ1v) is 7.36. The van der Waals surface area contributed by atoms with Crippen LogP contribution in [-0.4, -0.2) is 40.9 Å². The van der Waals surface area contributed by atoms with Crippen molar-refractivity contribution in [2.75, 3.05) is 25.5 Å². The third-order valence-corrected chi connectivity index (χ3v) is 3.76. The van der Waals surface area contributed by atoms with Crippen LogP contribution in [0.3, 0.4) is 0 Å². The molecule has 5 heteroatoms. The first-order chi connectivity index (χ1) is 10.1. The summed E-state index contributed by atoms with van der Waals surface area (Å²) in [5, 5.41) is 3.06. The van der Waals surface area contributed by atoms with E-state index in [1.54, 1.807) is 6.92 Å². The lowest BCUT2D eigenvalue weighted by atomic mass is 9.93. The smallest absolute Gasteiger partial charge is 0.298 e. The fourth-order valence-corrected chi connectivity index (χ4v) is 2.63. The van der Waals surface area contributed by atoms with Crippen molar-refractivity contribution in [3.8, 4) is 11.8 Å². The Balaban J connectivity index is 1.92. The summed E-state index contributed by atoms with van der Waals surface area (Å²) in [5.41, 5.74) is 0.982. The molecule has 1 aliphatic rings. The van der Waals surface area contributed by atoms with Gasteiger partial charge < -0.3 is 10.2 Å². The monoisotopic (exact) mass is 286 g/mol. The molecule has 0 spiro atoms. The molecule has 1 aliphatic heterocycles. The van der Waals surface area contributed by atoms with Gasteiger partial charge in [-0.3, -0.25) is 4.79 Å². The van der Waals surface area contributed by atoms with Crippen molar-refractivity contribution in [2.24, 2.45) is 5.92 Å². The van der Waals surface area contributed by atoms with Gasteiger partial charge in [0.05, 0.1) is 0 Å². The number of aryl methyl sites for hydroxylation is 1. The third kappa shape index (κ3) is 4.19. The molecule has 0 aliphatic carbocycles. The Morgan fingerprint density at radius 2 is 2.14 bits per heavy atom. The van der Waals surface area contributed by atoms with Crippen molar-refractivity contribution in [1.82, 2.24) is 14.9 Å². The van der Waals surface area contributed by atoms with Crippen LogP contribution in [0, 0.1) is 24.7 Å². The maximum Gasteiger partial charge on any atom is 0.298 e. The zero-order valence-corrected chi connectivity index (χ0v) is 12.9. The second kappa shape index (κ2) is 7.07. The summed E-state index contributed by atoms with van der Waals surface area (Å²) in [6.07, 6.45) is 2.85. The van der Waals surface area contributed by atoms with Gasteiger partial charge in [0.2, 0.25) is 0 Å². The van der Waals surface area contributed by atoms with Gasteiger partial charge >= 0.3 is 0 Å². The topological polar surface area (TPSA) is 58.1 Å². The molecule has 1 aromatic heterocycles. The Bertz CT molecular complexity index is 565. The van der Waals surface area contributed by atoms with E-state index in [0.717, 1.165) is 49.7 Å². The Labute approximate surface area is 126 Å². The van der Waals surface area contributed by atoms with Gasteiger partial charge in [0.1, 0.15) is 11.6 Å². The number of amides is 1. The average molecular weight is 286 g/mol. The molecular weight excluding hydrogens is 264 g/mol. The molecule has 112 valence electrons. The van der Waals surface area contributed by atoms with Gasteiger partial charge in [-0.25, -0.2) is 9.97 Å². The number of piperidine rings is 1. The number of nitrogens with one attached hydrogen (secondary N) is 1. The van der Waals surface area contributed by atoms with Crippen LogP contribution in [0.4, 0.5) is 5.82 Å². The van der Waals surface area contributed by atoms with E-state index in [9.17, 15) is 4.79 Å². The summed E-state index contributed by atoms with van der Waals surface area (Å²) in [4.78, 5) is 22.6. The zero-order valence-electron chi connectivity index (χ0n) is 12.9. The average Bonchev–Trinajstić information content (AvgIpc) is 2.47. The SMILES string of the molecule is CC#CC(=O)N1CCC(Cc2nc(C)cc(NC)n2)CC1. The molecule has 0 aromatic carbocycles. The van der Waals surface area contributed by atoms with Gasteiger partial charge in [0, 0.05) is 38.3 Å². The number of anilines is 1. The molecule has 1 saturated heterocycles. The molecule has 1 amide bonds. The van der Waals surface area contributed by atoms with Crippen LogP contribution >= 0.6 is 0 Å². The third-order valence-electron chi connectivity index (χ3n) is 3.76. The Morgan fingerprint density at radius 1 is 1.43 bits per heavy atom. The minimum atomic E-state index is -0.0553. The number of hydrogen-bond donors (Lipinski definition) is 1. The number of hydrogen-bond acceptors (Lipinski definition) is 4. The van der Waals surface area contributed by atoms with Gasteiger partial charge in [-0.15, -0.1) is 0 Å². The predicted octanol–water partition coefficient (Wildman–Crippen LogP) is 1.63. The minimum absolute atomic E-state index is 0.0553. The van der Waals surface area contributed by atoms with Crippen molar-refractivity contribution in [3.63, 3.8) is 0 Å². The number of likely N-dealkylation sites (tertiary alicyclic amines) is 1. The summed E-state index contributed by atoms with van der Waals surface area (Å²) >= 11 is 0. The summed E-state index contributed by atoms with van der Waals surface area (Å²) < 4.78 is 0. The number of nitrogens with zero attached hydrogens (tertiary/aromatic N) is 3. The fourth-order valence-electron chi connectivity index (χ4n) is 2.63. The van der Waals surface area contributed by atoms with E-state index in [1.807, 2.05) is 24.9 Å². The molecule has 2 heterocycles. The number of carbonyl (C=O) groups is 1. The number of rotatable bonds is 3. The van der Waals surface area contributed by atoms with Crippen molar-refractivity contribution in [1.29, 1.82) is 0 Å². The van der Waals surface area contributed by atoms with Crippen LogP contribution in [0.5, 0.6) is 0 Å². The minimum Gasteiger partial charge on any atom is -0.373 e. The highest BCUT2D eigenvalue weighted by atomic mass is 16.2. The normalized spacial score (nSPS) is 15.3. The predicted molar refractivity (Wildman–Crippen MR) is 82.8 cm³/mol. The van der Waals surface area contributed by atoms with E-state index in [0.29, 0.717) is 5.92 Å². The number of carbonyl (C=O) groups excluding carboxylic acids is 1. The Kier molecular flexibility index (Phi) is 5.15. The molecule has 0 bridgehead atoms. The van der Waals surface area contributed by atoms with E-state index < -0.39 is 0 Å².